The number of benzene rings is 1. The standard InChI is InChI=1S/C11H12O4/c1-14-8-3-4-9-7(5-8)6-11(9,13)10(12)15-2/h3-5,13H,6H2,1-2H3/t11-/m1/s1. The minimum absolute atomic E-state index is 0.284. The predicted molar refractivity (Wildman–Crippen MR) is 52.6 cm³/mol. The summed E-state index contributed by atoms with van der Waals surface area (Å²) in [6.07, 6.45) is 0.284. The van der Waals surface area contributed by atoms with Crippen LogP contribution in [-0.4, -0.2) is 25.3 Å². The molecule has 0 saturated carbocycles. The molecule has 1 aromatic carbocycles. The van der Waals surface area contributed by atoms with Gasteiger partial charge in [0.15, 0.2) is 5.60 Å². The number of hydrogen-bond donors (Lipinski definition) is 1. The molecule has 0 amide bonds. The summed E-state index contributed by atoms with van der Waals surface area (Å²) in [5, 5.41) is 9.98. The predicted octanol–water partition coefficient (Wildman–Crippen LogP) is 0.612. The average molecular weight is 208 g/mol. The summed E-state index contributed by atoms with van der Waals surface area (Å²) in [7, 11) is 2.84. The molecule has 0 aromatic heterocycles. The van der Waals surface area contributed by atoms with Gasteiger partial charge < -0.3 is 14.6 Å². The van der Waals surface area contributed by atoms with Crippen LogP contribution in [0, 0.1) is 0 Å². The van der Waals surface area contributed by atoms with Crippen molar-refractivity contribution in [2.24, 2.45) is 0 Å². The summed E-state index contributed by atoms with van der Waals surface area (Å²) in [5.74, 6) is 0.112. The number of ether oxygens (including phenoxy) is 2. The van der Waals surface area contributed by atoms with Crippen LogP contribution in [0.2, 0.25) is 0 Å². The van der Waals surface area contributed by atoms with Crippen LogP contribution in [0.1, 0.15) is 11.1 Å². The highest BCUT2D eigenvalue weighted by Gasteiger charge is 2.48. The van der Waals surface area contributed by atoms with Gasteiger partial charge in [-0.3, -0.25) is 0 Å². The second kappa shape index (κ2) is 3.24. The Hall–Kier alpha value is -1.55. The number of methoxy groups -OCH3 is 2. The van der Waals surface area contributed by atoms with E-state index in [1.807, 2.05) is 6.07 Å². The lowest BCUT2D eigenvalue weighted by Crippen LogP contribution is -2.46. The summed E-state index contributed by atoms with van der Waals surface area (Å²) in [6, 6.07) is 5.22. The molecule has 1 N–H and O–H groups in total. The Bertz CT molecular complexity index is 413. The lowest BCUT2D eigenvalue weighted by atomic mass is 9.73. The maximum atomic E-state index is 11.3. The number of aliphatic hydroxyl groups is 1. The van der Waals surface area contributed by atoms with Crippen molar-refractivity contribution in [3.63, 3.8) is 0 Å². The first-order valence-electron chi connectivity index (χ1n) is 4.60. The smallest absolute Gasteiger partial charge is 0.342 e. The Morgan fingerprint density at radius 2 is 2.20 bits per heavy atom. The van der Waals surface area contributed by atoms with E-state index in [-0.39, 0.29) is 6.42 Å². The molecule has 0 fully saturated rings. The fourth-order valence-electron chi connectivity index (χ4n) is 1.86. The highest BCUT2D eigenvalue weighted by atomic mass is 16.5. The first-order chi connectivity index (χ1) is 7.11. The number of hydrogen-bond acceptors (Lipinski definition) is 4. The third kappa shape index (κ3) is 1.29. The molecule has 15 heavy (non-hydrogen) atoms. The van der Waals surface area contributed by atoms with E-state index < -0.39 is 11.6 Å². The third-order valence-electron chi connectivity index (χ3n) is 2.73. The molecule has 0 unspecified atom stereocenters. The van der Waals surface area contributed by atoms with Crippen LogP contribution in [0.3, 0.4) is 0 Å². The van der Waals surface area contributed by atoms with Crippen molar-refractivity contribution in [2.45, 2.75) is 12.0 Å². The maximum Gasteiger partial charge on any atom is 0.342 e. The van der Waals surface area contributed by atoms with E-state index in [1.54, 1.807) is 19.2 Å². The first-order valence-corrected chi connectivity index (χ1v) is 4.60. The highest BCUT2D eigenvalue weighted by molar-refractivity contribution is 5.85. The van der Waals surface area contributed by atoms with Gasteiger partial charge in [-0.25, -0.2) is 4.79 Å². The van der Waals surface area contributed by atoms with Crippen molar-refractivity contribution in [1.29, 1.82) is 0 Å². The molecule has 0 heterocycles. The zero-order chi connectivity index (χ0) is 11.1. The topological polar surface area (TPSA) is 55.8 Å². The van der Waals surface area contributed by atoms with E-state index in [0.717, 1.165) is 11.3 Å². The van der Waals surface area contributed by atoms with Crippen molar-refractivity contribution >= 4 is 5.97 Å². The van der Waals surface area contributed by atoms with Gasteiger partial charge in [0.25, 0.3) is 0 Å². The van der Waals surface area contributed by atoms with Crippen LogP contribution in [0.5, 0.6) is 5.75 Å². The minimum Gasteiger partial charge on any atom is -0.497 e. The lowest BCUT2D eigenvalue weighted by molar-refractivity contribution is -0.166. The summed E-state index contributed by atoms with van der Waals surface area (Å²) in [6.45, 7) is 0. The molecule has 1 aromatic rings. The largest absolute Gasteiger partial charge is 0.497 e. The van der Waals surface area contributed by atoms with Gasteiger partial charge in [0, 0.05) is 6.42 Å². The van der Waals surface area contributed by atoms with Crippen molar-refractivity contribution in [3.05, 3.63) is 29.3 Å². The molecule has 0 saturated heterocycles. The Morgan fingerprint density at radius 1 is 1.47 bits per heavy atom. The van der Waals surface area contributed by atoms with Crippen molar-refractivity contribution in [1.82, 2.24) is 0 Å². The Morgan fingerprint density at radius 3 is 2.73 bits per heavy atom. The van der Waals surface area contributed by atoms with Gasteiger partial charge in [-0.1, -0.05) is 6.07 Å². The number of rotatable bonds is 2. The van der Waals surface area contributed by atoms with Crippen molar-refractivity contribution in [2.75, 3.05) is 14.2 Å². The minimum atomic E-state index is -1.46. The van der Waals surface area contributed by atoms with E-state index >= 15 is 0 Å². The van der Waals surface area contributed by atoms with Gasteiger partial charge in [0.2, 0.25) is 0 Å². The molecule has 4 heteroatoms. The maximum absolute atomic E-state index is 11.3. The second-order valence-electron chi connectivity index (χ2n) is 3.55. The average Bonchev–Trinajstić information content (AvgIpc) is 2.25. The summed E-state index contributed by atoms with van der Waals surface area (Å²) < 4.78 is 9.59. The molecular formula is C11H12O4. The van der Waals surface area contributed by atoms with Gasteiger partial charge in [0.05, 0.1) is 14.2 Å². The van der Waals surface area contributed by atoms with Crippen LogP contribution >= 0.6 is 0 Å². The van der Waals surface area contributed by atoms with E-state index in [9.17, 15) is 9.90 Å². The molecule has 0 spiro atoms. The van der Waals surface area contributed by atoms with Crippen LogP contribution in [0.15, 0.2) is 18.2 Å². The Balaban J connectivity index is 2.35. The van der Waals surface area contributed by atoms with E-state index in [2.05, 4.69) is 4.74 Å². The third-order valence-corrected chi connectivity index (χ3v) is 2.73. The molecule has 0 aliphatic heterocycles. The Kier molecular flexibility index (Phi) is 2.16. The molecule has 2 rings (SSSR count). The lowest BCUT2D eigenvalue weighted by Gasteiger charge is -2.36. The molecule has 1 aliphatic carbocycles. The fraction of sp³-hybridized carbons (Fsp3) is 0.364. The van der Waals surface area contributed by atoms with Crippen LogP contribution in [0.25, 0.3) is 0 Å². The molecular weight excluding hydrogens is 196 g/mol. The zero-order valence-electron chi connectivity index (χ0n) is 8.61. The summed E-state index contributed by atoms with van der Waals surface area (Å²) in [5.41, 5.74) is 0.0634. The molecule has 0 radical (unpaired) electrons. The Labute approximate surface area is 87.4 Å². The summed E-state index contributed by atoms with van der Waals surface area (Å²) in [4.78, 5) is 11.3. The normalized spacial score (nSPS) is 22.6. The van der Waals surface area contributed by atoms with Crippen LogP contribution < -0.4 is 4.74 Å². The first kappa shape index (κ1) is 9.98. The highest BCUT2D eigenvalue weighted by Crippen LogP contribution is 2.41. The quantitative estimate of drug-likeness (QED) is 0.723. The van der Waals surface area contributed by atoms with Crippen LogP contribution in [0.4, 0.5) is 0 Å². The van der Waals surface area contributed by atoms with Gasteiger partial charge in [0.1, 0.15) is 5.75 Å². The van der Waals surface area contributed by atoms with Crippen molar-refractivity contribution in [3.8, 4) is 5.75 Å². The number of fused-ring (bicyclic) bond motifs is 1. The molecule has 4 nitrogen and oxygen atoms in total. The molecule has 1 aliphatic rings. The van der Waals surface area contributed by atoms with Gasteiger partial charge in [-0.2, -0.15) is 0 Å². The van der Waals surface area contributed by atoms with Crippen molar-refractivity contribution < 1.29 is 19.4 Å². The van der Waals surface area contributed by atoms with E-state index in [0.29, 0.717) is 5.56 Å². The molecule has 0 bridgehead atoms. The van der Waals surface area contributed by atoms with Gasteiger partial charge >= 0.3 is 5.97 Å². The van der Waals surface area contributed by atoms with Gasteiger partial charge in [-0.15, -0.1) is 0 Å². The monoisotopic (exact) mass is 208 g/mol. The SMILES string of the molecule is COC(=O)[C@@]1(O)Cc2cc(OC)ccc21. The van der Waals surface area contributed by atoms with E-state index in [1.165, 1.54) is 7.11 Å². The number of esters is 1. The number of carbonyl (C=O) groups excluding carboxylic acids is 1. The molecule has 1 atom stereocenters. The van der Waals surface area contributed by atoms with Gasteiger partial charge in [-0.05, 0) is 23.3 Å². The number of carbonyl (C=O) groups is 1. The van der Waals surface area contributed by atoms with Crippen LogP contribution in [-0.2, 0) is 21.6 Å². The summed E-state index contributed by atoms with van der Waals surface area (Å²) >= 11 is 0. The fourth-order valence-corrected chi connectivity index (χ4v) is 1.86. The van der Waals surface area contributed by atoms with E-state index in [4.69, 9.17) is 4.74 Å². The zero-order valence-corrected chi connectivity index (χ0v) is 8.61. The molecule has 80 valence electrons. The second-order valence-corrected chi connectivity index (χ2v) is 3.55.